The van der Waals surface area contributed by atoms with Gasteiger partial charge in [-0.15, -0.1) is 11.6 Å². The molecule has 1 aromatic heterocycles. The highest BCUT2D eigenvalue weighted by atomic mass is 35.5. The first-order chi connectivity index (χ1) is 15.3. The number of hydrogen-bond acceptors (Lipinski definition) is 5. The highest BCUT2D eigenvalue weighted by Crippen LogP contribution is 2.38. The summed E-state index contributed by atoms with van der Waals surface area (Å²) >= 11 is 17.9. The lowest BCUT2D eigenvalue weighted by atomic mass is 9.77. The second kappa shape index (κ2) is 10.9. The number of benzene rings is 2. The lowest BCUT2D eigenvalue weighted by Crippen LogP contribution is -2.19. The molecular weight excluding hydrogens is 469 g/mol. The Kier molecular flexibility index (Phi) is 8.20. The lowest BCUT2D eigenvalue weighted by Gasteiger charge is -2.27. The van der Waals surface area contributed by atoms with Crippen molar-refractivity contribution < 1.29 is 9.47 Å². The van der Waals surface area contributed by atoms with E-state index in [1.165, 1.54) is 0 Å². The summed E-state index contributed by atoms with van der Waals surface area (Å²) in [6.45, 7) is 4.91. The second-order valence-corrected chi connectivity index (χ2v) is 8.67. The van der Waals surface area contributed by atoms with Crippen LogP contribution in [0.5, 0.6) is 11.5 Å². The van der Waals surface area contributed by atoms with Crippen molar-refractivity contribution in [2.75, 3.05) is 19.1 Å². The minimum absolute atomic E-state index is 0.229. The van der Waals surface area contributed by atoms with Crippen LogP contribution in [0.15, 0.2) is 48.7 Å². The molecule has 0 N–H and O–H groups in total. The maximum Gasteiger partial charge on any atom is 0.222 e. The average molecular weight is 491 g/mol. The first-order valence-corrected chi connectivity index (χ1v) is 11.3. The predicted octanol–water partition coefficient (Wildman–Crippen LogP) is 6.22. The van der Waals surface area contributed by atoms with Crippen molar-refractivity contribution in [1.82, 2.24) is 9.97 Å². The minimum Gasteiger partial charge on any atom is -0.493 e. The summed E-state index contributed by atoms with van der Waals surface area (Å²) in [5.74, 6) is 1.43. The zero-order valence-electron chi connectivity index (χ0n) is 17.7. The molecule has 0 fully saturated rings. The zero-order chi connectivity index (χ0) is 23.1. The number of rotatable bonds is 9. The summed E-state index contributed by atoms with van der Waals surface area (Å²) in [7, 11) is 0. The summed E-state index contributed by atoms with van der Waals surface area (Å²) in [5.41, 5.74) is 2.78. The third-order valence-electron chi connectivity index (χ3n) is 5.10. The molecule has 0 saturated carbocycles. The Hall–Kier alpha value is -2.52. The number of ether oxygens (including phenoxy) is 2. The normalized spacial score (nSPS) is 11.1. The summed E-state index contributed by atoms with van der Waals surface area (Å²) in [5, 5.41) is 10.2. The van der Waals surface area contributed by atoms with Gasteiger partial charge in [0.25, 0.3) is 0 Å². The number of aromatic nitrogens is 2. The van der Waals surface area contributed by atoms with Crippen molar-refractivity contribution in [1.29, 1.82) is 5.26 Å². The van der Waals surface area contributed by atoms with Crippen LogP contribution in [-0.2, 0) is 11.8 Å². The van der Waals surface area contributed by atoms with Gasteiger partial charge < -0.3 is 9.47 Å². The minimum atomic E-state index is -0.392. The molecule has 0 bridgehead atoms. The highest BCUT2D eigenvalue weighted by molar-refractivity contribution is 6.32. The zero-order valence-corrected chi connectivity index (χ0v) is 20.0. The maximum atomic E-state index is 9.57. The van der Waals surface area contributed by atoms with Crippen LogP contribution in [0.2, 0.25) is 10.3 Å². The number of nitriles is 1. The summed E-state index contributed by atoms with van der Waals surface area (Å²) < 4.78 is 11.4. The van der Waals surface area contributed by atoms with Crippen LogP contribution in [0.3, 0.4) is 0 Å². The quantitative estimate of drug-likeness (QED) is 0.263. The topological polar surface area (TPSA) is 68.0 Å². The van der Waals surface area contributed by atoms with Gasteiger partial charge in [-0.05, 0) is 53.1 Å². The number of alkyl halides is 1. The van der Waals surface area contributed by atoms with E-state index in [9.17, 15) is 5.26 Å². The van der Waals surface area contributed by atoms with Crippen molar-refractivity contribution in [3.63, 3.8) is 0 Å². The largest absolute Gasteiger partial charge is 0.493 e. The molecule has 1 heterocycles. The van der Waals surface area contributed by atoms with Gasteiger partial charge in [-0.25, -0.2) is 9.97 Å². The fraction of sp³-hybridized carbons (Fsp3) is 0.292. The van der Waals surface area contributed by atoms with Gasteiger partial charge in [-0.2, -0.15) is 5.26 Å². The summed E-state index contributed by atoms with van der Waals surface area (Å²) in [6, 6.07) is 15.5. The van der Waals surface area contributed by atoms with Crippen LogP contribution in [0.25, 0.3) is 0 Å². The summed E-state index contributed by atoms with van der Waals surface area (Å²) in [4.78, 5) is 8.03. The molecule has 0 amide bonds. The third-order valence-corrected chi connectivity index (χ3v) is 5.71. The molecule has 0 spiro atoms. The lowest BCUT2D eigenvalue weighted by molar-refractivity contribution is 0.320. The van der Waals surface area contributed by atoms with Crippen LogP contribution in [-0.4, -0.2) is 29.1 Å². The molecule has 0 atom stereocenters. The van der Waals surface area contributed by atoms with E-state index in [0.29, 0.717) is 35.2 Å². The number of nitrogens with zero attached hydrogens (tertiary/aromatic N) is 3. The van der Waals surface area contributed by atoms with Gasteiger partial charge in [0, 0.05) is 23.7 Å². The monoisotopic (exact) mass is 489 g/mol. The molecular formula is C24H22Cl3N3O2. The van der Waals surface area contributed by atoms with E-state index in [4.69, 9.17) is 44.3 Å². The molecule has 0 saturated heterocycles. The first-order valence-electron chi connectivity index (χ1n) is 9.99. The van der Waals surface area contributed by atoms with Gasteiger partial charge in [-0.3, -0.25) is 0 Å². The van der Waals surface area contributed by atoms with E-state index in [1.54, 1.807) is 6.20 Å². The van der Waals surface area contributed by atoms with Crippen LogP contribution in [0.4, 0.5) is 0 Å². The molecule has 3 rings (SSSR count). The van der Waals surface area contributed by atoms with Gasteiger partial charge in [0.05, 0.1) is 23.1 Å². The van der Waals surface area contributed by atoms with Gasteiger partial charge in [0.15, 0.2) is 5.75 Å². The fourth-order valence-electron chi connectivity index (χ4n) is 3.24. The van der Waals surface area contributed by atoms with Crippen LogP contribution in [0.1, 0.15) is 36.2 Å². The maximum absolute atomic E-state index is 9.57. The Morgan fingerprint density at radius 3 is 2.41 bits per heavy atom. The molecule has 0 unspecified atom stereocenters. The van der Waals surface area contributed by atoms with Gasteiger partial charge in [0.1, 0.15) is 18.4 Å². The van der Waals surface area contributed by atoms with Crippen molar-refractivity contribution in [3.8, 4) is 17.6 Å². The van der Waals surface area contributed by atoms with Gasteiger partial charge in [-0.1, -0.05) is 37.6 Å². The molecule has 2 aromatic carbocycles. The first kappa shape index (κ1) is 24.1. The molecule has 0 aliphatic heterocycles. The van der Waals surface area contributed by atoms with E-state index in [0.717, 1.165) is 22.6 Å². The van der Waals surface area contributed by atoms with E-state index >= 15 is 0 Å². The molecule has 5 nitrogen and oxygen atoms in total. The van der Waals surface area contributed by atoms with Crippen LogP contribution in [0, 0.1) is 11.3 Å². The molecule has 0 radical (unpaired) electrons. The Morgan fingerprint density at radius 1 is 1.00 bits per heavy atom. The smallest absolute Gasteiger partial charge is 0.222 e. The van der Waals surface area contributed by atoms with Gasteiger partial charge in [0.2, 0.25) is 5.28 Å². The summed E-state index contributed by atoms with van der Waals surface area (Å²) in [6.07, 6.45) is 2.26. The van der Waals surface area contributed by atoms with Crippen molar-refractivity contribution >= 4 is 34.8 Å². The van der Waals surface area contributed by atoms with Crippen LogP contribution < -0.4 is 9.47 Å². The number of hydrogen-bond donors (Lipinski definition) is 0. The van der Waals surface area contributed by atoms with E-state index in [1.807, 2.05) is 42.5 Å². The molecule has 8 heteroatoms. The Balaban J connectivity index is 1.73. The number of halogens is 3. The molecule has 0 aliphatic carbocycles. The second-order valence-electron chi connectivity index (χ2n) is 7.55. The van der Waals surface area contributed by atoms with Crippen molar-refractivity contribution in [2.24, 2.45) is 0 Å². The van der Waals surface area contributed by atoms with Crippen LogP contribution >= 0.6 is 34.8 Å². The Labute approximate surface area is 202 Å². The van der Waals surface area contributed by atoms with Gasteiger partial charge >= 0.3 is 0 Å². The molecule has 32 heavy (non-hydrogen) atoms. The third kappa shape index (κ3) is 5.83. The Morgan fingerprint density at radius 2 is 1.75 bits per heavy atom. The Bertz CT molecular complexity index is 1110. The molecule has 0 aliphatic rings. The molecule has 166 valence electrons. The SMILES string of the molecule is CC(C)(c1ccc(OCCc2ccnc(Cl)n2)cc1)c1cc(Cl)c(OCCCl)c(C#N)c1. The highest BCUT2D eigenvalue weighted by Gasteiger charge is 2.26. The molecule has 3 aromatic rings. The van der Waals surface area contributed by atoms with E-state index in [2.05, 4.69) is 29.9 Å². The van der Waals surface area contributed by atoms with E-state index < -0.39 is 5.41 Å². The predicted molar refractivity (Wildman–Crippen MR) is 127 cm³/mol. The van der Waals surface area contributed by atoms with Crippen molar-refractivity contribution in [3.05, 3.63) is 81.4 Å². The standard InChI is InChI=1S/C24H22Cl3N3O2/c1-24(2,18-13-16(15-28)22(21(26)14-18)32-12-9-25)17-3-5-20(6-4-17)31-11-8-19-7-10-29-23(27)30-19/h3-7,10,13-14H,8-9,11-12H2,1-2H3. The fourth-order valence-corrected chi connectivity index (χ4v) is 3.76. The average Bonchev–Trinajstić information content (AvgIpc) is 2.78. The van der Waals surface area contributed by atoms with E-state index in [-0.39, 0.29) is 11.9 Å². The van der Waals surface area contributed by atoms with Crippen molar-refractivity contribution in [2.45, 2.75) is 25.7 Å².